The zero-order valence-corrected chi connectivity index (χ0v) is 16.2. The molecule has 0 aliphatic carbocycles. The highest BCUT2D eigenvalue weighted by Gasteiger charge is 2.11. The maximum absolute atomic E-state index is 5.29. The predicted octanol–water partition coefficient (Wildman–Crippen LogP) is 4.66. The topological polar surface area (TPSA) is 76.7 Å². The van der Waals surface area contributed by atoms with Crippen molar-refractivity contribution < 1.29 is 4.52 Å². The molecule has 4 aromatic heterocycles. The average Bonchev–Trinajstić information content (AvgIpc) is 3.39. The summed E-state index contributed by atoms with van der Waals surface area (Å²) in [5.41, 5.74) is 0.984. The third-order valence-electron chi connectivity index (χ3n) is 3.20. The van der Waals surface area contributed by atoms with E-state index in [-0.39, 0.29) is 0 Å². The van der Waals surface area contributed by atoms with Crippen LogP contribution in [0, 0.1) is 0 Å². The van der Waals surface area contributed by atoms with Gasteiger partial charge in [0.1, 0.15) is 0 Å². The molecule has 0 aliphatic heterocycles. The third-order valence-corrected chi connectivity index (χ3v) is 6.82. The van der Waals surface area contributed by atoms with E-state index >= 15 is 0 Å². The van der Waals surface area contributed by atoms with Crippen LogP contribution in [0.3, 0.4) is 0 Å². The van der Waals surface area contributed by atoms with Crippen molar-refractivity contribution in [2.24, 2.45) is 0 Å². The molecule has 0 aliphatic rings. The lowest BCUT2D eigenvalue weighted by Gasteiger charge is -1.98. The number of nitrogens with zero attached hydrogens (tertiary/aromatic N) is 4. The van der Waals surface area contributed by atoms with E-state index in [0.717, 1.165) is 28.0 Å². The van der Waals surface area contributed by atoms with Crippen molar-refractivity contribution >= 4 is 50.9 Å². The SMILES string of the molecule is c1csc(CCNc2nnc(SCc3nc(-c4ccsc4)no3)s2)c1. The van der Waals surface area contributed by atoms with Crippen molar-refractivity contribution in [3.63, 3.8) is 0 Å². The summed E-state index contributed by atoms with van der Waals surface area (Å²) in [7, 11) is 0. The van der Waals surface area contributed by atoms with Gasteiger partial charge in [-0.2, -0.15) is 16.3 Å². The third kappa shape index (κ3) is 4.46. The summed E-state index contributed by atoms with van der Waals surface area (Å²) in [6.45, 7) is 0.855. The van der Waals surface area contributed by atoms with E-state index in [4.69, 9.17) is 4.52 Å². The molecule has 0 amide bonds. The van der Waals surface area contributed by atoms with Gasteiger partial charge in [0, 0.05) is 22.4 Å². The molecule has 0 spiro atoms. The summed E-state index contributed by atoms with van der Waals surface area (Å²) in [6.07, 6.45) is 0.993. The Labute approximate surface area is 160 Å². The molecule has 0 atom stereocenters. The average molecular weight is 408 g/mol. The molecule has 10 heteroatoms. The van der Waals surface area contributed by atoms with E-state index < -0.39 is 0 Å². The lowest BCUT2D eigenvalue weighted by Crippen LogP contribution is -2.03. The summed E-state index contributed by atoms with van der Waals surface area (Å²) < 4.78 is 6.17. The van der Waals surface area contributed by atoms with Crippen LogP contribution < -0.4 is 5.32 Å². The first kappa shape index (κ1) is 16.7. The Hall–Kier alpha value is -1.75. The van der Waals surface area contributed by atoms with Crippen molar-refractivity contribution in [1.82, 2.24) is 20.3 Å². The van der Waals surface area contributed by atoms with Gasteiger partial charge in [-0.1, -0.05) is 34.3 Å². The normalized spacial score (nSPS) is 11.0. The second kappa shape index (κ2) is 8.09. The molecule has 25 heavy (non-hydrogen) atoms. The molecule has 0 saturated carbocycles. The number of thiophene rings is 2. The Kier molecular flexibility index (Phi) is 5.40. The van der Waals surface area contributed by atoms with Crippen molar-refractivity contribution in [3.8, 4) is 11.4 Å². The smallest absolute Gasteiger partial charge is 0.237 e. The number of hydrogen-bond acceptors (Lipinski definition) is 10. The number of nitrogens with one attached hydrogen (secondary N) is 1. The van der Waals surface area contributed by atoms with Gasteiger partial charge in [-0.3, -0.25) is 0 Å². The predicted molar refractivity (Wildman–Crippen MR) is 104 cm³/mol. The fourth-order valence-electron chi connectivity index (χ4n) is 2.03. The van der Waals surface area contributed by atoms with Gasteiger partial charge >= 0.3 is 0 Å². The number of aromatic nitrogens is 4. The summed E-state index contributed by atoms with van der Waals surface area (Å²) in [6, 6.07) is 6.19. The van der Waals surface area contributed by atoms with Crippen LogP contribution in [0.25, 0.3) is 11.4 Å². The van der Waals surface area contributed by atoms with E-state index in [1.54, 1.807) is 34.4 Å². The highest BCUT2D eigenvalue weighted by Crippen LogP contribution is 2.28. The van der Waals surface area contributed by atoms with Crippen molar-refractivity contribution in [2.75, 3.05) is 11.9 Å². The van der Waals surface area contributed by atoms with Gasteiger partial charge in [0.25, 0.3) is 0 Å². The van der Waals surface area contributed by atoms with Gasteiger partial charge < -0.3 is 9.84 Å². The maximum atomic E-state index is 5.29. The van der Waals surface area contributed by atoms with Crippen LogP contribution in [0.2, 0.25) is 0 Å². The van der Waals surface area contributed by atoms with Gasteiger partial charge in [-0.25, -0.2) is 0 Å². The molecular weight excluding hydrogens is 394 g/mol. The first-order valence-corrected chi connectivity index (χ1v) is 11.1. The highest BCUT2D eigenvalue weighted by atomic mass is 32.2. The number of thioether (sulfide) groups is 1. The van der Waals surface area contributed by atoms with E-state index in [2.05, 4.69) is 43.2 Å². The minimum absolute atomic E-state index is 0.584. The quantitative estimate of drug-likeness (QED) is 0.426. The zero-order chi connectivity index (χ0) is 16.9. The Morgan fingerprint density at radius 2 is 2.20 bits per heavy atom. The Bertz CT molecular complexity index is 900. The summed E-state index contributed by atoms with van der Waals surface area (Å²) in [4.78, 5) is 5.77. The van der Waals surface area contributed by atoms with E-state index in [1.165, 1.54) is 16.2 Å². The largest absolute Gasteiger partial charge is 0.360 e. The number of anilines is 1. The Balaban J connectivity index is 1.26. The van der Waals surface area contributed by atoms with Gasteiger partial charge in [0.05, 0.1) is 5.75 Å². The van der Waals surface area contributed by atoms with Crippen molar-refractivity contribution in [3.05, 3.63) is 45.1 Å². The maximum Gasteiger partial charge on any atom is 0.237 e. The first-order valence-electron chi connectivity index (χ1n) is 7.44. The molecule has 4 aromatic rings. The minimum Gasteiger partial charge on any atom is -0.360 e. The van der Waals surface area contributed by atoms with Crippen LogP contribution >= 0.6 is 45.8 Å². The molecule has 0 saturated heterocycles. The van der Waals surface area contributed by atoms with Crippen LogP contribution in [0.4, 0.5) is 5.13 Å². The molecule has 1 N–H and O–H groups in total. The molecule has 4 rings (SSSR count). The Morgan fingerprint density at radius 1 is 1.20 bits per heavy atom. The van der Waals surface area contributed by atoms with Gasteiger partial charge in [0.2, 0.25) is 16.8 Å². The molecule has 0 radical (unpaired) electrons. The van der Waals surface area contributed by atoms with Gasteiger partial charge in [-0.05, 0) is 29.3 Å². The van der Waals surface area contributed by atoms with Gasteiger partial charge in [-0.15, -0.1) is 21.5 Å². The Morgan fingerprint density at radius 3 is 3.04 bits per heavy atom. The van der Waals surface area contributed by atoms with Crippen LogP contribution in [0.1, 0.15) is 10.8 Å². The highest BCUT2D eigenvalue weighted by molar-refractivity contribution is 8.00. The lowest BCUT2D eigenvalue weighted by molar-refractivity contribution is 0.391. The first-order chi connectivity index (χ1) is 12.4. The minimum atomic E-state index is 0.584. The second-order valence-corrected chi connectivity index (χ2v) is 8.95. The molecule has 6 nitrogen and oxygen atoms in total. The molecular formula is C15H13N5OS4. The van der Waals surface area contributed by atoms with Crippen LogP contribution in [0.5, 0.6) is 0 Å². The van der Waals surface area contributed by atoms with E-state index in [0.29, 0.717) is 17.5 Å². The zero-order valence-electron chi connectivity index (χ0n) is 12.9. The second-order valence-electron chi connectivity index (χ2n) is 4.94. The van der Waals surface area contributed by atoms with Crippen molar-refractivity contribution in [1.29, 1.82) is 0 Å². The standard InChI is InChI=1S/C15H13N5OS4/c1-2-11(23-6-1)3-5-16-14-18-19-15(25-14)24-9-12-17-13(20-21-12)10-4-7-22-8-10/h1-2,4,6-8H,3,5,9H2,(H,16,18). The summed E-state index contributed by atoms with van der Waals surface area (Å²) in [5, 5.41) is 22.6. The molecule has 128 valence electrons. The van der Waals surface area contributed by atoms with Crippen molar-refractivity contribution in [2.45, 2.75) is 16.5 Å². The fraction of sp³-hybridized carbons (Fsp3) is 0.200. The molecule has 0 unspecified atom stereocenters. The van der Waals surface area contributed by atoms with Crippen LogP contribution in [0.15, 0.2) is 43.2 Å². The summed E-state index contributed by atoms with van der Waals surface area (Å²) >= 11 is 6.47. The van der Waals surface area contributed by atoms with E-state index in [1.807, 2.05) is 16.8 Å². The summed E-state index contributed by atoms with van der Waals surface area (Å²) in [5.74, 6) is 1.81. The van der Waals surface area contributed by atoms with E-state index in [9.17, 15) is 0 Å². The molecule has 4 heterocycles. The molecule has 0 bridgehead atoms. The number of hydrogen-bond donors (Lipinski definition) is 1. The van der Waals surface area contributed by atoms with Crippen LogP contribution in [-0.2, 0) is 12.2 Å². The van der Waals surface area contributed by atoms with Crippen LogP contribution in [-0.4, -0.2) is 26.9 Å². The molecule has 0 aromatic carbocycles. The van der Waals surface area contributed by atoms with Gasteiger partial charge in [0.15, 0.2) is 4.34 Å². The fourth-order valence-corrected chi connectivity index (χ4v) is 4.99. The molecule has 0 fully saturated rings. The monoisotopic (exact) mass is 407 g/mol. The lowest BCUT2D eigenvalue weighted by atomic mass is 10.3. The number of rotatable bonds is 8.